The molecule has 1 aliphatic heterocycles. The Hall–Kier alpha value is -1.39. The quantitative estimate of drug-likeness (QED) is 0.887. The monoisotopic (exact) mass is 275 g/mol. The molecule has 0 saturated carbocycles. The fraction of sp³-hybridized carbons (Fsp3) is 0.562. The van der Waals surface area contributed by atoms with Gasteiger partial charge in [0.15, 0.2) is 0 Å². The summed E-state index contributed by atoms with van der Waals surface area (Å²) in [4.78, 5) is 14.4. The number of carbonyl (C=O) groups is 1. The van der Waals surface area contributed by atoms with E-state index in [-0.39, 0.29) is 11.9 Å². The van der Waals surface area contributed by atoms with Crippen LogP contribution in [-0.2, 0) is 4.79 Å². The molecule has 4 nitrogen and oxygen atoms in total. The molecule has 20 heavy (non-hydrogen) atoms. The van der Waals surface area contributed by atoms with Crippen molar-refractivity contribution >= 4 is 11.6 Å². The lowest BCUT2D eigenvalue weighted by molar-refractivity contribution is -0.118. The SMILES string of the molecule is Cc1cccc(NC(=O)CN2CCC(N)CC2C)c1C. The fourth-order valence-corrected chi connectivity index (χ4v) is 2.75. The molecule has 1 aromatic carbocycles. The molecule has 1 amide bonds. The van der Waals surface area contributed by atoms with Crippen molar-refractivity contribution in [3.63, 3.8) is 0 Å². The Morgan fingerprint density at radius 3 is 2.90 bits per heavy atom. The van der Waals surface area contributed by atoms with E-state index in [9.17, 15) is 4.79 Å². The third-order valence-electron chi connectivity index (χ3n) is 4.28. The summed E-state index contributed by atoms with van der Waals surface area (Å²) < 4.78 is 0. The first-order valence-electron chi connectivity index (χ1n) is 7.33. The number of hydrogen-bond donors (Lipinski definition) is 2. The smallest absolute Gasteiger partial charge is 0.238 e. The van der Waals surface area contributed by atoms with Crippen LogP contribution in [0.25, 0.3) is 0 Å². The topological polar surface area (TPSA) is 58.4 Å². The molecule has 0 spiro atoms. The molecular weight excluding hydrogens is 250 g/mol. The first kappa shape index (κ1) is 15.0. The van der Waals surface area contributed by atoms with Gasteiger partial charge in [0, 0.05) is 24.3 Å². The van der Waals surface area contributed by atoms with Crippen molar-refractivity contribution in [3.05, 3.63) is 29.3 Å². The van der Waals surface area contributed by atoms with Crippen LogP contribution in [0, 0.1) is 13.8 Å². The molecule has 1 saturated heterocycles. The third kappa shape index (κ3) is 3.58. The number of benzene rings is 1. The predicted molar refractivity (Wildman–Crippen MR) is 82.8 cm³/mol. The lowest BCUT2D eigenvalue weighted by Gasteiger charge is -2.35. The Morgan fingerprint density at radius 2 is 2.20 bits per heavy atom. The molecule has 0 bridgehead atoms. The van der Waals surface area contributed by atoms with Crippen molar-refractivity contribution in [1.82, 2.24) is 4.90 Å². The number of carbonyl (C=O) groups excluding carboxylic acids is 1. The lowest BCUT2D eigenvalue weighted by Crippen LogP contribution is -2.48. The molecule has 1 fully saturated rings. The number of amides is 1. The highest BCUT2D eigenvalue weighted by molar-refractivity contribution is 5.93. The van der Waals surface area contributed by atoms with E-state index in [4.69, 9.17) is 5.73 Å². The Morgan fingerprint density at radius 1 is 1.45 bits per heavy atom. The van der Waals surface area contributed by atoms with Gasteiger partial charge in [0.25, 0.3) is 0 Å². The number of hydrogen-bond acceptors (Lipinski definition) is 3. The minimum absolute atomic E-state index is 0.0565. The second-order valence-electron chi connectivity index (χ2n) is 5.90. The van der Waals surface area contributed by atoms with Gasteiger partial charge < -0.3 is 11.1 Å². The van der Waals surface area contributed by atoms with Crippen LogP contribution in [0.3, 0.4) is 0 Å². The van der Waals surface area contributed by atoms with Gasteiger partial charge >= 0.3 is 0 Å². The van der Waals surface area contributed by atoms with Crippen LogP contribution >= 0.6 is 0 Å². The number of anilines is 1. The summed E-state index contributed by atoms with van der Waals surface area (Å²) in [6.07, 6.45) is 1.94. The van der Waals surface area contributed by atoms with Crippen LogP contribution in [0.4, 0.5) is 5.69 Å². The second kappa shape index (κ2) is 6.37. The molecule has 2 atom stereocenters. The largest absolute Gasteiger partial charge is 0.328 e. The van der Waals surface area contributed by atoms with E-state index in [2.05, 4.69) is 30.1 Å². The van der Waals surface area contributed by atoms with Gasteiger partial charge in [0.2, 0.25) is 5.91 Å². The van der Waals surface area contributed by atoms with E-state index >= 15 is 0 Å². The van der Waals surface area contributed by atoms with Crippen LogP contribution < -0.4 is 11.1 Å². The summed E-state index contributed by atoms with van der Waals surface area (Å²) in [7, 11) is 0. The first-order chi connectivity index (χ1) is 9.47. The Kier molecular flexibility index (Phi) is 4.78. The second-order valence-corrected chi connectivity index (χ2v) is 5.90. The van der Waals surface area contributed by atoms with Crippen LogP contribution in [0.2, 0.25) is 0 Å². The minimum atomic E-state index is 0.0565. The molecule has 0 aliphatic carbocycles. The van der Waals surface area contributed by atoms with E-state index in [1.807, 2.05) is 19.1 Å². The molecule has 110 valence electrons. The van der Waals surface area contributed by atoms with Crippen molar-refractivity contribution in [2.24, 2.45) is 5.73 Å². The van der Waals surface area contributed by atoms with Crippen LogP contribution in [0.15, 0.2) is 18.2 Å². The molecule has 2 rings (SSSR count). The van der Waals surface area contributed by atoms with Crippen LogP contribution in [0.1, 0.15) is 30.9 Å². The Bertz CT molecular complexity index is 487. The fourth-order valence-electron chi connectivity index (χ4n) is 2.75. The van der Waals surface area contributed by atoms with E-state index in [0.717, 1.165) is 30.6 Å². The number of likely N-dealkylation sites (tertiary alicyclic amines) is 1. The van der Waals surface area contributed by atoms with Gasteiger partial charge in [-0.2, -0.15) is 0 Å². The van der Waals surface area contributed by atoms with Crippen molar-refractivity contribution in [3.8, 4) is 0 Å². The number of rotatable bonds is 3. The molecule has 2 unspecified atom stereocenters. The highest BCUT2D eigenvalue weighted by Gasteiger charge is 2.24. The van der Waals surface area contributed by atoms with Crippen molar-refractivity contribution in [2.45, 2.75) is 45.7 Å². The van der Waals surface area contributed by atoms with Gasteiger partial charge in [-0.25, -0.2) is 0 Å². The van der Waals surface area contributed by atoms with Crippen molar-refractivity contribution < 1.29 is 4.79 Å². The van der Waals surface area contributed by atoms with E-state index < -0.39 is 0 Å². The minimum Gasteiger partial charge on any atom is -0.328 e. The Balaban J connectivity index is 1.94. The highest BCUT2D eigenvalue weighted by atomic mass is 16.2. The van der Waals surface area contributed by atoms with E-state index in [1.54, 1.807) is 0 Å². The average Bonchev–Trinajstić information content (AvgIpc) is 2.38. The predicted octanol–water partition coefficient (Wildman–Crippen LogP) is 2.05. The van der Waals surface area contributed by atoms with Crippen molar-refractivity contribution in [1.29, 1.82) is 0 Å². The number of nitrogens with two attached hydrogens (primary N) is 1. The summed E-state index contributed by atoms with van der Waals surface area (Å²) >= 11 is 0. The summed E-state index contributed by atoms with van der Waals surface area (Å²) in [5.41, 5.74) is 9.19. The maximum Gasteiger partial charge on any atom is 0.238 e. The zero-order valence-electron chi connectivity index (χ0n) is 12.6. The first-order valence-corrected chi connectivity index (χ1v) is 7.33. The van der Waals surface area contributed by atoms with Gasteiger partial charge in [-0.3, -0.25) is 9.69 Å². The van der Waals surface area contributed by atoms with Crippen molar-refractivity contribution in [2.75, 3.05) is 18.4 Å². The van der Waals surface area contributed by atoms with Crippen LogP contribution in [0.5, 0.6) is 0 Å². The maximum atomic E-state index is 12.2. The lowest BCUT2D eigenvalue weighted by atomic mass is 9.99. The van der Waals surface area contributed by atoms with E-state index in [1.165, 1.54) is 5.56 Å². The third-order valence-corrected chi connectivity index (χ3v) is 4.28. The standard InChI is InChI=1S/C16H25N3O/c1-11-5-4-6-15(13(11)3)18-16(20)10-19-8-7-14(17)9-12(19)2/h4-6,12,14H,7-10,17H2,1-3H3,(H,18,20). The van der Waals surface area contributed by atoms with Gasteiger partial charge in [-0.05, 0) is 50.8 Å². The molecule has 1 heterocycles. The van der Waals surface area contributed by atoms with Crippen LogP contribution in [-0.4, -0.2) is 36.0 Å². The summed E-state index contributed by atoms with van der Waals surface area (Å²) in [6.45, 7) is 7.58. The summed E-state index contributed by atoms with van der Waals surface area (Å²) in [6, 6.07) is 6.64. The highest BCUT2D eigenvalue weighted by Crippen LogP contribution is 2.19. The summed E-state index contributed by atoms with van der Waals surface area (Å²) in [5, 5.41) is 3.02. The zero-order chi connectivity index (χ0) is 14.7. The molecular formula is C16H25N3O. The number of nitrogens with one attached hydrogen (secondary N) is 1. The number of aryl methyl sites for hydroxylation is 1. The van der Waals surface area contributed by atoms with Gasteiger partial charge in [-0.15, -0.1) is 0 Å². The van der Waals surface area contributed by atoms with E-state index in [0.29, 0.717) is 12.6 Å². The molecule has 1 aliphatic rings. The number of piperidine rings is 1. The van der Waals surface area contributed by atoms with Gasteiger partial charge in [-0.1, -0.05) is 12.1 Å². The average molecular weight is 275 g/mol. The maximum absolute atomic E-state index is 12.2. The summed E-state index contributed by atoms with van der Waals surface area (Å²) in [5.74, 6) is 0.0565. The molecule has 4 heteroatoms. The number of nitrogens with zero attached hydrogens (tertiary/aromatic N) is 1. The molecule has 0 radical (unpaired) electrons. The molecule has 1 aromatic rings. The molecule has 0 aromatic heterocycles. The normalized spacial score (nSPS) is 23.6. The zero-order valence-corrected chi connectivity index (χ0v) is 12.6. The molecule has 3 N–H and O–H groups in total. The van der Waals surface area contributed by atoms with Gasteiger partial charge in [0.1, 0.15) is 0 Å². The van der Waals surface area contributed by atoms with Gasteiger partial charge in [0.05, 0.1) is 6.54 Å². The Labute approximate surface area is 121 Å².